The number of hydrogen-bond donors (Lipinski definition) is 1. The van der Waals surface area contributed by atoms with Gasteiger partial charge in [0.25, 0.3) is 0 Å². The molecule has 1 rings (SSSR count). The zero-order valence-electron chi connectivity index (χ0n) is 14.5. The van der Waals surface area contributed by atoms with E-state index < -0.39 is 31.4 Å². The lowest BCUT2D eigenvalue weighted by atomic mass is 10.1. The highest BCUT2D eigenvalue weighted by molar-refractivity contribution is 6.83. The summed E-state index contributed by atoms with van der Waals surface area (Å²) in [6.07, 6.45) is -2.52. The SMILES string of the molecule is CC(C)[Si](NC(=O)c1cnccc1C(F)(F)F)(C(C)C)C(C)C. The second-order valence-electron chi connectivity index (χ2n) is 6.77. The zero-order chi connectivity index (χ0) is 18.0. The van der Waals surface area contributed by atoms with Gasteiger partial charge in [-0.1, -0.05) is 41.5 Å². The molecular weight excluding hydrogens is 321 g/mol. The molecule has 0 bridgehead atoms. The highest BCUT2D eigenvalue weighted by Crippen LogP contribution is 2.39. The molecule has 0 radical (unpaired) electrons. The fraction of sp³-hybridized carbons (Fsp3) is 0.625. The van der Waals surface area contributed by atoms with Crippen molar-refractivity contribution in [3.05, 3.63) is 29.6 Å². The molecule has 1 N–H and O–H groups in total. The molecule has 0 fully saturated rings. The Balaban J connectivity index is 3.30. The lowest BCUT2D eigenvalue weighted by molar-refractivity contribution is -0.138. The summed E-state index contributed by atoms with van der Waals surface area (Å²) >= 11 is 0. The van der Waals surface area contributed by atoms with Crippen molar-refractivity contribution in [2.45, 2.75) is 64.3 Å². The van der Waals surface area contributed by atoms with E-state index in [9.17, 15) is 18.0 Å². The van der Waals surface area contributed by atoms with Crippen LogP contribution in [0.5, 0.6) is 0 Å². The van der Waals surface area contributed by atoms with Crippen LogP contribution in [0.25, 0.3) is 0 Å². The van der Waals surface area contributed by atoms with E-state index in [-0.39, 0.29) is 16.6 Å². The van der Waals surface area contributed by atoms with Crippen LogP contribution in [0, 0.1) is 0 Å². The molecule has 0 aliphatic heterocycles. The van der Waals surface area contributed by atoms with Gasteiger partial charge in [0.05, 0.1) is 11.1 Å². The van der Waals surface area contributed by atoms with Gasteiger partial charge in [-0.05, 0) is 22.7 Å². The number of aromatic nitrogens is 1. The fourth-order valence-corrected chi connectivity index (χ4v) is 8.91. The summed E-state index contributed by atoms with van der Waals surface area (Å²) in [5, 5.41) is 0. The maximum atomic E-state index is 13.1. The second-order valence-corrected chi connectivity index (χ2v) is 12.4. The Kier molecular flexibility index (Phi) is 6.01. The van der Waals surface area contributed by atoms with Crippen LogP contribution in [0.1, 0.15) is 57.5 Å². The average Bonchev–Trinajstić information content (AvgIpc) is 2.42. The molecule has 1 amide bonds. The Bertz CT molecular complexity index is 535. The van der Waals surface area contributed by atoms with Crippen molar-refractivity contribution in [2.24, 2.45) is 0 Å². The first-order valence-corrected chi connectivity index (χ1v) is 10.0. The summed E-state index contributed by atoms with van der Waals surface area (Å²) < 4.78 is 39.4. The van der Waals surface area contributed by atoms with E-state index in [4.69, 9.17) is 0 Å². The molecule has 1 aromatic heterocycles. The third kappa shape index (κ3) is 3.94. The van der Waals surface area contributed by atoms with Gasteiger partial charge in [-0.3, -0.25) is 9.78 Å². The molecule has 7 heteroatoms. The maximum absolute atomic E-state index is 13.1. The predicted molar refractivity (Wildman–Crippen MR) is 87.8 cm³/mol. The first-order chi connectivity index (χ1) is 10.4. The number of carbonyl (C=O) groups excluding carboxylic acids is 1. The third-order valence-corrected chi connectivity index (χ3v) is 11.0. The fourth-order valence-electron chi connectivity index (χ4n) is 3.52. The monoisotopic (exact) mass is 346 g/mol. The molecule has 3 nitrogen and oxygen atoms in total. The van der Waals surface area contributed by atoms with Crippen LogP contribution in [0.3, 0.4) is 0 Å². The van der Waals surface area contributed by atoms with Crippen molar-refractivity contribution >= 4 is 14.1 Å². The molecule has 0 saturated carbocycles. The topological polar surface area (TPSA) is 42.0 Å². The normalized spacial score (nSPS) is 13.0. The van der Waals surface area contributed by atoms with Crippen LogP contribution in [0.2, 0.25) is 16.6 Å². The molecule has 23 heavy (non-hydrogen) atoms. The summed E-state index contributed by atoms with van der Waals surface area (Å²) in [4.78, 5) is 19.3. The van der Waals surface area contributed by atoms with Crippen molar-refractivity contribution < 1.29 is 18.0 Å². The van der Waals surface area contributed by atoms with Crippen LogP contribution in [0.15, 0.2) is 18.5 Å². The highest BCUT2D eigenvalue weighted by atomic mass is 28.3. The van der Waals surface area contributed by atoms with Crippen molar-refractivity contribution in [2.75, 3.05) is 0 Å². The largest absolute Gasteiger partial charge is 0.417 e. The molecule has 0 aliphatic rings. The molecule has 0 saturated heterocycles. The summed E-state index contributed by atoms with van der Waals surface area (Å²) in [5.41, 5.74) is -0.727. The van der Waals surface area contributed by atoms with Crippen LogP contribution in [0.4, 0.5) is 13.2 Å². The summed E-state index contributed by atoms with van der Waals surface area (Å²) in [7, 11) is -2.35. The Morgan fingerprint density at radius 1 is 1.09 bits per heavy atom. The van der Waals surface area contributed by atoms with Gasteiger partial charge in [0.15, 0.2) is 8.24 Å². The molecule has 0 aliphatic carbocycles. The first-order valence-electron chi connectivity index (χ1n) is 7.78. The van der Waals surface area contributed by atoms with E-state index >= 15 is 0 Å². The maximum Gasteiger partial charge on any atom is 0.417 e. The first kappa shape index (κ1) is 19.7. The molecular formula is C16H25F3N2OSi. The van der Waals surface area contributed by atoms with Gasteiger partial charge < -0.3 is 4.98 Å². The standard InChI is InChI=1S/C16H25F3N2OSi/c1-10(2)23(11(3)4,12(5)6)21-15(22)13-9-20-8-7-14(13)16(17,18)19/h7-12H,1-6H3,(H,21,22). The van der Waals surface area contributed by atoms with Crippen molar-refractivity contribution in [3.8, 4) is 0 Å². The van der Waals surface area contributed by atoms with Gasteiger partial charge in [0.1, 0.15) is 0 Å². The Morgan fingerprint density at radius 2 is 1.57 bits per heavy atom. The van der Waals surface area contributed by atoms with Gasteiger partial charge in [-0.15, -0.1) is 0 Å². The van der Waals surface area contributed by atoms with Crippen LogP contribution in [-0.2, 0) is 6.18 Å². The highest BCUT2D eigenvalue weighted by Gasteiger charge is 2.46. The number of pyridine rings is 1. The summed E-state index contributed by atoms with van der Waals surface area (Å²) in [6, 6.07) is 0.846. The predicted octanol–water partition coefficient (Wildman–Crippen LogP) is 5.01. The van der Waals surface area contributed by atoms with E-state index in [0.29, 0.717) is 0 Å². The molecule has 1 heterocycles. The lowest BCUT2D eigenvalue weighted by Crippen LogP contribution is -2.60. The number of hydrogen-bond acceptors (Lipinski definition) is 2. The number of halogens is 3. The van der Waals surface area contributed by atoms with Crippen molar-refractivity contribution in [1.82, 2.24) is 9.97 Å². The smallest absolute Gasteiger partial charge is 0.377 e. The van der Waals surface area contributed by atoms with E-state index in [1.807, 2.05) is 41.5 Å². The van der Waals surface area contributed by atoms with Crippen molar-refractivity contribution in [1.29, 1.82) is 0 Å². The summed E-state index contributed by atoms with van der Waals surface area (Å²) in [6.45, 7) is 12.2. The molecule has 0 unspecified atom stereocenters. The average molecular weight is 346 g/mol. The quantitative estimate of drug-likeness (QED) is 0.762. The van der Waals surface area contributed by atoms with Crippen LogP contribution in [-0.4, -0.2) is 19.1 Å². The van der Waals surface area contributed by atoms with Crippen LogP contribution < -0.4 is 4.98 Å². The van der Waals surface area contributed by atoms with E-state index in [2.05, 4.69) is 9.97 Å². The number of nitrogens with zero attached hydrogens (tertiary/aromatic N) is 1. The zero-order valence-corrected chi connectivity index (χ0v) is 15.5. The van der Waals surface area contributed by atoms with E-state index in [1.165, 1.54) is 0 Å². The second kappa shape index (κ2) is 7.03. The minimum atomic E-state index is -4.58. The molecule has 0 aromatic carbocycles. The number of alkyl halides is 3. The molecule has 1 aromatic rings. The van der Waals surface area contributed by atoms with Crippen molar-refractivity contribution in [3.63, 3.8) is 0 Å². The van der Waals surface area contributed by atoms with Gasteiger partial charge in [-0.2, -0.15) is 13.2 Å². The van der Waals surface area contributed by atoms with Gasteiger partial charge in [0, 0.05) is 12.4 Å². The lowest BCUT2D eigenvalue weighted by Gasteiger charge is -2.43. The number of amides is 1. The van der Waals surface area contributed by atoms with Gasteiger partial charge in [0.2, 0.25) is 5.91 Å². The Labute approximate surface area is 136 Å². The van der Waals surface area contributed by atoms with E-state index in [1.54, 1.807) is 0 Å². The number of nitrogens with one attached hydrogen (secondary N) is 1. The van der Waals surface area contributed by atoms with Crippen LogP contribution >= 0.6 is 0 Å². The Morgan fingerprint density at radius 3 is 1.96 bits per heavy atom. The molecule has 130 valence electrons. The van der Waals surface area contributed by atoms with E-state index in [0.717, 1.165) is 18.5 Å². The molecule has 0 atom stereocenters. The minimum absolute atomic E-state index is 0.206. The minimum Gasteiger partial charge on any atom is -0.377 e. The molecule has 0 spiro atoms. The summed E-state index contributed by atoms with van der Waals surface area (Å²) in [5.74, 6) is -0.673. The number of rotatable bonds is 5. The van der Waals surface area contributed by atoms with Gasteiger partial charge >= 0.3 is 6.18 Å². The number of carbonyl (C=O) groups is 1. The third-order valence-electron chi connectivity index (χ3n) is 4.57. The van der Waals surface area contributed by atoms with Gasteiger partial charge in [-0.25, -0.2) is 0 Å². The Hall–Kier alpha value is -1.37.